The van der Waals surface area contributed by atoms with Gasteiger partial charge in [0.05, 0.1) is 0 Å². The molecule has 1 aromatic carbocycles. The highest BCUT2D eigenvalue weighted by atomic mass is 16.5. The molecule has 0 bridgehead atoms. The van der Waals surface area contributed by atoms with Crippen LogP contribution in [0.25, 0.3) is 10.8 Å². The summed E-state index contributed by atoms with van der Waals surface area (Å²) < 4.78 is 10.9. The minimum Gasteiger partial charge on any atom is -0.385 e. The highest BCUT2D eigenvalue weighted by Crippen LogP contribution is 2.42. The van der Waals surface area contributed by atoms with Crippen LogP contribution in [0.15, 0.2) is 41.1 Å². The number of carbonyl (C=O) groups is 1. The minimum absolute atomic E-state index is 0.0149. The van der Waals surface area contributed by atoms with Crippen LogP contribution in [0, 0.1) is 0 Å². The number of fused-ring (bicyclic) bond motifs is 1. The van der Waals surface area contributed by atoms with Gasteiger partial charge in [-0.2, -0.15) is 4.98 Å². The Bertz CT molecular complexity index is 1050. The van der Waals surface area contributed by atoms with Crippen LogP contribution >= 0.6 is 0 Å². The molecule has 7 nitrogen and oxygen atoms in total. The highest BCUT2D eigenvalue weighted by molar-refractivity contribution is 6.05. The Hall–Kier alpha value is -2.80. The van der Waals surface area contributed by atoms with E-state index in [4.69, 9.17) is 14.2 Å². The van der Waals surface area contributed by atoms with E-state index in [9.17, 15) is 4.79 Å². The van der Waals surface area contributed by atoms with Crippen molar-refractivity contribution in [1.82, 2.24) is 20.0 Å². The Morgan fingerprint density at radius 1 is 1.23 bits per heavy atom. The molecule has 1 saturated carbocycles. The van der Waals surface area contributed by atoms with Gasteiger partial charge in [0.25, 0.3) is 5.91 Å². The van der Waals surface area contributed by atoms with Gasteiger partial charge in [-0.05, 0) is 43.6 Å². The lowest BCUT2D eigenvalue weighted by molar-refractivity contribution is 0.0612. The van der Waals surface area contributed by atoms with Gasteiger partial charge in [0.1, 0.15) is 5.69 Å². The number of piperidine rings is 1. The number of pyridine rings is 1. The summed E-state index contributed by atoms with van der Waals surface area (Å²) in [6.45, 7) is 1.91. The molecule has 2 aliphatic rings. The van der Waals surface area contributed by atoms with E-state index in [0.29, 0.717) is 31.3 Å². The second-order valence-electron chi connectivity index (χ2n) is 8.43. The Balaban J connectivity index is 1.36. The first kappa shape index (κ1) is 19.2. The normalized spacial score (nSPS) is 18.6. The first-order valence-corrected chi connectivity index (χ1v) is 10.7. The van der Waals surface area contributed by atoms with Gasteiger partial charge in [-0.25, -0.2) is 0 Å². The Morgan fingerprint density at radius 3 is 2.80 bits per heavy atom. The fourth-order valence-corrected chi connectivity index (χ4v) is 4.41. The van der Waals surface area contributed by atoms with Crippen LogP contribution in [0.2, 0.25) is 0 Å². The van der Waals surface area contributed by atoms with Crippen LogP contribution in [0.1, 0.15) is 60.2 Å². The van der Waals surface area contributed by atoms with Crippen molar-refractivity contribution in [2.45, 2.75) is 43.4 Å². The number of likely N-dealkylation sites (tertiary alicyclic amines) is 1. The van der Waals surface area contributed by atoms with Gasteiger partial charge >= 0.3 is 0 Å². The van der Waals surface area contributed by atoms with Crippen molar-refractivity contribution in [3.8, 4) is 0 Å². The zero-order chi connectivity index (χ0) is 20.6. The van der Waals surface area contributed by atoms with E-state index in [0.717, 1.165) is 54.6 Å². The van der Waals surface area contributed by atoms with E-state index in [-0.39, 0.29) is 11.3 Å². The summed E-state index contributed by atoms with van der Waals surface area (Å²) in [5, 5.41) is 6.26. The third kappa shape index (κ3) is 3.47. The zero-order valence-electron chi connectivity index (χ0n) is 17.2. The molecule has 2 aromatic heterocycles. The molecule has 2 fully saturated rings. The second-order valence-corrected chi connectivity index (χ2v) is 8.43. The number of carbonyl (C=O) groups excluding carboxylic acids is 1. The molecule has 30 heavy (non-hydrogen) atoms. The Morgan fingerprint density at radius 2 is 2.03 bits per heavy atom. The number of ether oxygens (including phenoxy) is 1. The van der Waals surface area contributed by atoms with Crippen LogP contribution in [0.5, 0.6) is 0 Å². The van der Waals surface area contributed by atoms with Crippen LogP contribution in [0.4, 0.5) is 0 Å². The smallest absolute Gasteiger partial charge is 0.273 e. The lowest BCUT2D eigenvalue weighted by Gasteiger charge is -2.39. The summed E-state index contributed by atoms with van der Waals surface area (Å²) >= 11 is 0. The molecule has 1 aliphatic carbocycles. The number of methoxy groups -OCH3 is 1. The van der Waals surface area contributed by atoms with Crippen molar-refractivity contribution in [3.63, 3.8) is 0 Å². The summed E-state index contributed by atoms with van der Waals surface area (Å²) in [7, 11) is 1.71. The maximum Gasteiger partial charge on any atom is 0.273 e. The predicted octanol–water partition coefficient (Wildman–Crippen LogP) is 3.71. The molecule has 0 unspecified atom stereocenters. The molecule has 1 amide bonds. The average molecular weight is 406 g/mol. The van der Waals surface area contributed by atoms with Gasteiger partial charge in [0, 0.05) is 49.7 Å². The van der Waals surface area contributed by atoms with E-state index in [1.165, 1.54) is 0 Å². The van der Waals surface area contributed by atoms with Crippen molar-refractivity contribution in [2.75, 3.05) is 26.8 Å². The van der Waals surface area contributed by atoms with E-state index in [1.807, 2.05) is 35.2 Å². The number of aromatic nitrogens is 3. The van der Waals surface area contributed by atoms with Crippen LogP contribution in [-0.2, 0) is 10.2 Å². The Labute approximate surface area is 175 Å². The van der Waals surface area contributed by atoms with Gasteiger partial charge in [-0.15, -0.1) is 0 Å². The molecule has 1 aliphatic heterocycles. The minimum atomic E-state index is -0.213. The summed E-state index contributed by atoms with van der Waals surface area (Å²) in [4.78, 5) is 24.3. The molecular weight excluding hydrogens is 380 g/mol. The van der Waals surface area contributed by atoms with Crippen molar-refractivity contribution in [1.29, 1.82) is 0 Å². The van der Waals surface area contributed by atoms with Gasteiger partial charge in [0.2, 0.25) is 5.89 Å². The molecule has 5 rings (SSSR count). The predicted molar refractivity (Wildman–Crippen MR) is 111 cm³/mol. The third-order valence-electron chi connectivity index (χ3n) is 6.51. The SMILES string of the molecule is COCCC1(c2noc(C3CC3)n2)CCN(C(=O)c2nccc3ccccc23)CC1. The first-order valence-electron chi connectivity index (χ1n) is 10.7. The van der Waals surface area contributed by atoms with Crippen molar-refractivity contribution in [2.24, 2.45) is 0 Å². The van der Waals surface area contributed by atoms with Crippen molar-refractivity contribution >= 4 is 16.7 Å². The molecule has 1 saturated heterocycles. The number of hydrogen-bond acceptors (Lipinski definition) is 6. The lowest BCUT2D eigenvalue weighted by Crippen LogP contribution is -2.46. The average Bonchev–Trinajstić information content (AvgIpc) is 3.53. The van der Waals surface area contributed by atoms with E-state index in [1.54, 1.807) is 13.3 Å². The third-order valence-corrected chi connectivity index (χ3v) is 6.51. The van der Waals surface area contributed by atoms with Gasteiger partial charge in [0.15, 0.2) is 5.82 Å². The summed E-state index contributed by atoms with van der Waals surface area (Å²) in [6.07, 6.45) is 6.37. The molecule has 156 valence electrons. The zero-order valence-corrected chi connectivity index (χ0v) is 17.2. The Kier molecular flexibility index (Phi) is 4.98. The molecular formula is C23H26N4O3. The summed E-state index contributed by atoms with van der Waals surface area (Å²) in [5.41, 5.74) is 0.309. The standard InChI is InChI=1S/C23H26N4O3/c1-29-15-11-23(22-25-20(30-26-22)17-6-7-17)9-13-27(14-10-23)21(28)19-18-5-3-2-4-16(18)8-12-24-19/h2-5,8,12,17H,6-7,9-11,13-15H2,1H3. The molecule has 3 aromatic rings. The van der Waals surface area contributed by atoms with Gasteiger partial charge in [-0.3, -0.25) is 9.78 Å². The monoisotopic (exact) mass is 406 g/mol. The van der Waals surface area contributed by atoms with Gasteiger partial charge in [-0.1, -0.05) is 29.4 Å². The number of hydrogen-bond donors (Lipinski definition) is 0. The second kappa shape index (κ2) is 7.80. The first-order chi connectivity index (χ1) is 14.7. The number of amides is 1. The van der Waals surface area contributed by atoms with Crippen LogP contribution in [0.3, 0.4) is 0 Å². The quantitative estimate of drug-likeness (QED) is 0.621. The highest BCUT2D eigenvalue weighted by Gasteiger charge is 2.42. The lowest BCUT2D eigenvalue weighted by atomic mass is 9.75. The number of benzene rings is 1. The molecule has 0 radical (unpaired) electrons. The number of rotatable bonds is 6. The molecule has 7 heteroatoms. The summed E-state index contributed by atoms with van der Waals surface area (Å²) in [6, 6.07) is 9.82. The van der Waals surface area contributed by atoms with Crippen molar-refractivity contribution < 1.29 is 14.1 Å². The number of nitrogens with zero attached hydrogens (tertiary/aromatic N) is 4. The summed E-state index contributed by atoms with van der Waals surface area (Å²) in [5.74, 6) is 1.96. The van der Waals surface area contributed by atoms with E-state index < -0.39 is 0 Å². The maximum atomic E-state index is 13.3. The van der Waals surface area contributed by atoms with Crippen LogP contribution < -0.4 is 0 Å². The fraction of sp³-hybridized carbons (Fsp3) is 0.478. The topological polar surface area (TPSA) is 81.4 Å². The van der Waals surface area contributed by atoms with Gasteiger partial charge < -0.3 is 14.2 Å². The van der Waals surface area contributed by atoms with Crippen LogP contribution in [-0.4, -0.2) is 52.7 Å². The van der Waals surface area contributed by atoms with E-state index >= 15 is 0 Å². The molecule has 0 atom stereocenters. The largest absolute Gasteiger partial charge is 0.385 e. The molecule has 0 spiro atoms. The molecule has 3 heterocycles. The maximum absolute atomic E-state index is 13.3. The van der Waals surface area contributed by atoms with Crippen molar-refractivity contribution in [3.05, 3.63) is 53.9 Å². The molecule has 0 N–H and O–H groups in total. The van der Waals surface area contributed by atoms with E-state index in [2.05, 4.69) is 10.1 Å². The fourth-order valence-electron chi connectivity index (χ4n) is 4.41.